The van der Waals surface area contributed by atoms with E-state index in [1.165, 1.54) is 7.11 Å². The van der Waals surface area contributed by atoms with E-state index in [9.17, 15) is 15.0 Å². The second-order valence-corrected chi connectivity index (χ2v) is 9.49. The normalized spacial score (nSPS) is 43.8. The number of carbonyl (C=O) groups excluding carboxylic acids is 1. The number of fused-ring (bicyclic) bond motifs is 4. The highest BCUT2D eigenvalue weighted by atomic mass is 16.5. The van der Waals surface area contributed by atoms with Gasteiger partial charge in [0.15, 0.2) is 0 Å². The van der Waals surface area contributed by atoms with Crippen molar-refractivity contribution < 1.29 is 24.2 Å². The van der Waals surface area contributed by atoms with E-state index in [-0.39, 0.29) is 34.6 Å². The highest BCUT2D eigenvalue weighted by Crippen LogP contribution is 2.64. The van der Waals surface area contributed by atoms with Crippen LogP contribution in [0.25, 0.3) is 0 Å². The summed E-state index contributed by atoms with van der Waals surface area (Å²) < 4.78 is 10.8. The third kappa shape index (κ3) is 2.26. The molecular formula is C21H30O5. The standard InChI is InChI=1S/C21H30O5/c1-20(2)7-5-8-21(3)12-10-13-11(6-9-26-13)14(19(24)25-4)15(12)16(22)17(23)18(20)21/h6,9,12,14-18,22-23H,5,7-8,10H2,1-4H3/t12-,14-,15+,16+,17+,18+,21+/m0/s1. The molecule has 7 atom stereocenters. The van der Waals surface area contributed by atoms with Crippen LogP contribution in [0.3, 0.4) is 0 Å². The fraction of sp³-hybridized carbons (Fsp3) is 0.762. The Morgan fingerprint density at radius 1 is 1.23 bits per heavy atom. The first-order chi connectivity index (χ1) is 12.2. The lowest BCUT2D eigenvalue weighted by Crippen LogP contribution is -2.65. The molecule has 1 aromatic heterocycles. The van der Waals surface area contributed by atoms with Gasteiger partial charge in [-0.3, -0.25) is 4.79 Å². The average Bonchev–Trinajstić information content (AvgIpc) is 3.05. The molecule has 26 heavy (non-hydrogen) atoms. The molecule has 0 aliphatic heterocycles. The zero-order valence-corrected chi connectivity index (χ0v) is 16.1. The highest BCUT2D eigenvalue weighted by Gasteiger charge is 2.64. The molecule has 3 aliphatic carbocycles. The van der Waals surface area contributed by atoms with Gasteiger partial charge in [-0.2, -0.15) is 0 Å². The quantitative estimate of drug-likeness (QED) is 0.751. The van der Waals surface area contributed by atoms with E-state index in [2.05, 4.69) is 20.8 Å². The zero-order valence-electron chi connectivity index (χ0n) is 16.1. The number of hydrogen-bond acceptors (Lipinski definition) is 5. The topological polar surface area (TPSA) is 79.9 Å². The van der Waals surface area contributed by atoms with Crippen LogP contribution in [0.15, 0.2) is 16.7 Å². The number of esters is 1. The van der Waals surface area contributed by atoms with Crippen LogP contribution in [0.5, 0.6) is 0 Å². The smallest absolute Gasteiger partial charge is 0.313 e. The summed E-state index contributed by atoms with van der Waals surface area (Å²) >= 11 is 0. The van der Waals surface area contributed by atoms with Gasteiger partial charge in [0.05, 0.1) is 31.5 Å². The second-order valence-electron chi connectivity index (χ2n) is 9.49. The van der Waals surface area contributed by atoms with E-state index in [4.69, 9.17) is 9.15 Å². The molecule has 0 bridgehead atoms. The Kier molecular flexibility index (Phi) is 4.05. The maximum Gasteiger partial charge on any atom is 0.313 e. The van der Waals surface area contributed by atoms with Crippen molar-refractivity contribution in [3.05, 3.63) is 23.7 Å². The molecule has 5 nitrogen and oxygen atoms in total. The van der Waals surface area contributed by atoms with Gasteiger partial charge in [0.1, 0.15) is 5.76 Å². The van der Waals surface area contributed by atoms with Crippen molar-refractivity contribution in [2.75, 3.05) is 7.11 Å². The van der Waals surface area contributed by atoms with Crippen LogP contribution in [0.4, 0.5) is 0 Å². The summed E-state index contributed by atoms with van der Waals surface area (Å²) in [6.45, 7) is 6.64. The van der Waals surface area contributed by atoms with Crippen LogP contribution in [0.2, 0.25) is 0 Å². The minimum absolute atomic E-state index is 0.00481. The fourth-order valence-corrected chi connectivity index (χ4v) is 6.91. The average molecular weight is 362 g/mol. The summed E-state index contributed by atoms with van der Waals surface area (Å²) in [6, 6.07) is 1.81. The maximum atomic E-state index is 12.7. The number of methoxy groups -OCH3 is 1. The lowest BCUT2D eigenvalue weighted by Gasteiger charge is -2.63. The van der Waals surface area contributed by atoms with Gasteiger partial charge in [0.25, 0.3) is 0 Å². The van der Waals surface area contributed by atoms with E-state index in [1.54, 1.807) is 6.26 Å². The summed E-state index contributed by atoms with van der Waals surface area (Å²) in [5.41, 5.74) is 0.603. The molecule has 2 N–H and O–H groups in total. The lowest BCUT2D eigenvalue weighted by molar-refractivity contribution is -0.219. The minimum Gasteiger partial charge on any atom is -0.469 e. The fourth-order valence-electron chi connectivity index (χ4n) is 6.91. The number of aliphatic hydroxyl groups excluding tert-OH is 2. The number of ether oxygens (including phenoxy) is 1. The van der Waals surface area contributed by atoms with Gasteiger partial charge in [0.2, 0.25) is 0 Å². The van der Waals surface area contributed by atoms with Gasteiger partial charge in [-0.05, 0) is 41.6 Å². The first-order valence-electron chi connectivity index (χ1n) is 9.72. The van der Waals surface area contributed by atoms with E-state index in [0.29, 0.717) is 6.42 Å². The Morgan fingerprint density at radius 3 is 2.65 bits per heavy atom. The predicted molar refractivity (Wildman–Crippen MR) is 95.4 cm³/mol. The number of furan rings is 1. The van der Waals surface area contributed by atoms with Gasteiger partial charge < -0.3 is 19.4 Å². The minimum atomic E-state index is -0.942. The highest BCUT2D eigenvalue weighted by molar-refractivity contribution is 5.79. The van der Waals surface area contributed by atoms with Crippen LogP contribution in [-0.2, 0) is 16.0 Å². The van der Waals surface area contributed by atoms with Gasteiger partial charge in [-0.1, -0.05) is 27.2 Å². The largest absolute Gasteiger partial charge is 0.469 e. The van der Waals surface area contributed by atoms with E-state index < -0.39 is 18.1 Å². The Balaban J connectivity index is 1.86. The van der Waals surface area contributed by atoms with Crippen molar-refractivity contribution in [3.63, 3.8) is 0 Å². The number of hydrogen-bond donors (Lipinski definition) is 2. The van der Waals surface area contributed by atoms with Crippen molar-refractivity contribution in [1.29, 1.82) is 0 Å². The molecule has 0 aromatic carbocycles. The first-order valence-corrected chi connectivity index (χ1v) is 9.72. The molecule has 2 fully saturated rings. The molecule has 1 heterocycles. The summed E-state index contributed by atoms with van der Waals surface area (Å²) in [5, 5.41) is 22.3. The van der Waals surface area contributed by atoms with Crippen LogP contribution in [-0.4, -0.2) is 35.5 Å². The number of aliphatic hydroxyl groups is 2. The first kappa shape index (κ1) is 18.1. The molecule has 144 valence electrons. The Morgan fingerprint density at radius 2 is 1.96 bits per heavy atom. The van der Waals surface area contributed by atoms with Crippen molar-refractivity contribution in [2.45, 2.75) is 64.6 Å². The molecular weight excluding hydrogens is 332 g/mol. The van der Waals surface area contributed by atoms with Crippen molar-refractivity contribution >= 4 is 5.97 Å². The summed E-state index contributed by atoms with van der Waals surface area (Å²) in [4.78, 5) is 12.7. The Labute approximate surface area is 154 Å². The zero-order chi connectivity index (χ0) is 18.9. The summed E-state index contributed by atoms with van der Waals surface area (Å²) in [7, 11) is 1.38. The monoisotopic (exact) mass is 362 g/mol. The van der Waals surface area contributed by atoms with Crippen molar-refractivity contribution in [3.8, 4) is 0 Å². The second kappa shape index (κ2) is 5.83. The molecule has 4 rings (SSSR count). The van der Waals surface area contributed by atoms with Gasteiger partial charge in [-0.25, -0.2) is 0 Å². The van der Waals surface area contributed by atoms with Gasteiger partial charge in [0, 0.05) is 17.9 Å². The Bertz CT molecular complexity index is 707. The predicted octanol–water partition coefficient (Wildman–Crippen LogP) is 2.89. The molecule has 2 saturated carbocycles. The SMILES string of the molecule is COC(=O)[C@H]1c2ccoc2C[C@H]2[C@H]1[C@@H](O)[C@@H](O)[C@@H]1C(C)(C)CCC[C@@]12C. The summed E-state index contributed by atoms with van der Waals surface area (Å²) in [6.07, 6.45) is 3.68. The van der Waals surface area contributed by atoms with Gasteiger partial charge >= 0.3 is 5.97 Å². The van der Waals surface area contributed by atoms with Crippen molar-refractivity contribution in [1.82, 2.24) is 0 Å². The maximum absolute atomic E-state index is 12.7. The van der Waals surface area contributed by atoms with E-state index in [0.717, 1.165) is 30.6 Å². The van der Waals surface area contributed by atoms with Crippen LogP contribution < -0.4 is 0 Å². The molecule has 0 unspecified atom stereocenters. The Hall–Kier alpha value is -1.33. The van der Waals surface area contributed by atoms with Gasteiger partial charge in [-0.15, -0.1) is 0 Å². The molecule has 0 amide bonds. The molecule has 1 aromatic rings. The molecule has 0 saturated heterocycles. The summed E-state index contributed by atoms with van der Waals surface area (Å²) in [5.74, 6) is -0.389. The van der Waals surface area contributed by atoms with Crippen LogP contribution >= 0.6 is 0 Å². The van der Waals surface area contributed by atoms with E-state index >= 15 is 0 Å². The third-order valence-electron chi connectivity index (χ3n) is 7.85. The van der Waals surface area contributed by atoms with Crippen molar-refractivity contribution in [2.24, 2.45) is 28.6 Å². The molecule has 3 aliphatic rings. The molecule has 0 radical (unpaired) electrons. The van der Waals surface area contributed by atoms with Crippen LogP contribution in [0, 0.1) is 28.6 Å². The molecule has 0 spiro atoms. The number of carbonyl (C=O) groups is 1. The third-order valence-corrected chi connectivity index (χ3v) is 7.85. The van der Waals surface area contributed by atoms with E-state index in [1.807, 2.05) is 6.07 Å². The molecule has 5 heteroatoms. The lowest BCUT2D eigenvalue weighted by atomic mass is 9.42. The number of rotatable bonds is 1. The van der Waals surface area contributed by atoms with Crippen LogP contribution in [0.1, 0.15) is 57.3 Å².